The van der Waals surface area contributed by atoms with E-state index in [9.17, 15) is 10.1 Å². The summed E-state index contributed by atoms with van der Waals surface area (Å²) < 4.78 is 14.5. The molecule has 0 spiro atoms. The first-order valence-electron chi connectivity index (χ1n) is 10.3. The van der Waals surface area contributed by atoms with Crippen molar-refractivity contribution in [1.29, 1.82) is 5.26 Å². The van der Waals surface area contributed by atoms with Crippen LogP contribution in [0, 0.1) is 11.3 Å². The molecule has 0 bridgehead atoms. The zero-order valence-corrected chi connectivity index (χ0v) is 18.0. The number of nitriles is 1. The molecule has 0 fully saturated rings. The first-order valence-corrected chi connectivity index (χ1v) is 10.3. The zero-order valence-electron chi connectivity index (χ0n) is 18.0. The monoisotopic (exact) mass is 429 g/mol. The van der Waals surface area contributed by atoms with Gasteiger partial charge in [0, 0.05) is 18.0 Å². The number of hydrogen-bond acceptors (Lipinski definition) is 6. The minimum atomic E-state index is -0.300. The van der Waals surface area contributed by atoms with E-state index in [4.69, 9.17) is 9.47 Å². The summed E-state index contributed by atoms with van der Waals surface area (Å²) >= 11 is 0. The van der Waals surface area contributed by atoms with Crippen molar-refractivity contribution >= 4 is 16.9 Å². The Morgan fingerprint density at radius 1 is 1.22 bits per heavy atom. The van der Waals surface area contributed by atoms with Crippen LogP contribution in [-0.2, 0) is 29.0 Å². The smallest absolute Gasteiger partial charge is 0.309 e. The van der Waals surface area contributed by atoms with Crippen molar-refractivity contribution < 1.29 is 14.3 Å². The number of ether oxygens (including phenoxy) is 2. The number of carbonyl (C=O) groups excluding carboxylic acids is 1. The van der Waals surface area contributed by atoms with Crippen molar-refractivity contribution in [3.8, 4) is 23.1 Å². The van der Waals surface area contributed by atoms with Gasteiger partial charge in [-0.25, -0.2) is 9.67 Å². The molecule has 2 aromatic carbocycles. The number of fused-ring (bicyclic) bond motifs is 1. The molecule has 32 heavy (non-hydrogen) atoms. The first kappa shape index (κ1) is 21.1. The van der Waals surface area contributed by atoms with E-state index in [0.29, 0.717) is 25.3 Å². The van der Waals surface area contributed by atoms with Gasteiger partial charge in [0.15, 0.2) is 0 Å². The number of aromatic nitrogens is 4. The second-order valence-electron chi connectivity index (χ2n) is 7.22. The number of methoxy groups -OCH3 is 1. The van der Waals surface area contributed by atoms with Gasteiger partial charge in [0.1, 0.15) is 31.1 Å². The fourth-order valence-electron chi connectivity index (χ4n) is 3.83. The molecule has 0 N–H and O–H groups in total. The van der Waals surface area contributed by atoms with Crippen LogP contribution in [0.2, 0.25) is 0 Å². The highest BCUT2D eigenvalue weighted by Gasteiger charge is 2.19. The average molecular weight is 429 g/mol. The SMILES string of the molecule is CCn1c(-c2cccc(CC(=O)OC)c2)c(C#N)c2ccc(OCCn3cncn3)cc21. The van der Waals surface area contributed by atoms with Gasteiger partial charge in [0.05, 0.1) is 36.8 Å². The lowest BCUT2D eigenvalue weighted by Gasteiger charge is -2.11. The van der Waals surface area contributed by atoms with E-state index in [1.54, 1.807) is 11.0 Å². The van der Waals surface area contributed by atoms with E-state index < -0.39 is 0 Å². The van der Waals surface area contributed by atoms with E-state index in [1.807, 2.05) is 49.4 Å². The number of esters is 1. The lowest BCUT2D eigenvalue weighted by Crippen LogP contribution is -2.08. The lowest BCUT2D eigenvalue weighted by molar-refractivity contribution is -0.139. The molecular weight excluding hydrogens is 406 g/mol. The molecule has 162 valence electrons. The van der Waals surface area contributed by atoms with Crippen molar-refractivity contribution in [2.75, 3.05) is 13.7 Å². The molecular formula is C24H23N5O3. The Kier molecular flexibility index (Phi) is 6.17. The summed E-state index contributed by atoms with van der Waals surface area (Å²) in [6.45, 7) is 3.77. The number of aryl methyl sites for hydroxylation is 1. The van der Waals surface area contributed by atoms with Crippen LogP contribution in [0.4, 0.5) is 0 Å². The van der Waals surface area contributed by atoms with Gasteiger partial charge in [-0.15, -0.1) is 0 Å². The molecule has 8 heteroatoms. The van der Waals surface area contributed by atoms with E-state index in [-0.39, 0.29) is 12.4 Å². The molecule has 0 aliphatic carbocycles. The molecule has 0 unspecified atom stereocenters. The van der Waals surface area contributed by atoms with Gasteiger partial charge < -0.3 is 14.0 Å². The Morgan fingerprint density at radius 2 is 2.09 bits per heavy atom. The number of hydrogen-bond donors (Lipinski definition) is 0. The van der Waals surface area contributed by atoms with Crippen LogP contribution in [0.15, 0.2) is 55.1 Å². The molecule has 4 rings (SSSR count). The average Bonchev–Trinajstić information content (AvgIpc) is 3.44. The third-order valence-electron chi connectivity index (χ3n) is 5.30. The zero-order chi connectivity index (χ0) is 22.5. The lowest BCUT2D eigenvalue weighted by atomic mass is 10.0. The van der Waals surface area contributed by atoms with Gasteiger partial charge in [-0.2, -0.15) is 10.4 Å². The van der Waals surface area contributed by atoms with Crippen molar-refractivity contribution in [1.82, 2.24) is 19.3 Å². The van der Waals surface area contributed by atoms with E-state index in [1.165, 1.54) is 13.4 Å². The number of carbonyl (C=O) groups is 1. The van der Waals surface area contributed by atoms with E-state index in [0.717, 1.165) is 33.5 Å². The highest BCUT2D eigenvalue weighted by atomic mass is 16.5. The Morgan fingerprint density at radius 3 is 2.81 bits per heavy atom. The van der Waals surface area contributed by atoms with Crippen molar-refractivity contribution in [2.24, 2.45) is 0 Å². The summed E-state index contributed by atoms with van der Waals surface area (Å²) in [5, 5.41) is 14.9. The molecule has 4 aromatic rings. The van der Waals surface area contributed by atoms with Crippen LogP contribution < -0.4 is 4.74 Å². The van der Waals surface area contributed by atoms with Crippen LogP contribution in [0.3, 0.4) is 0 Å². The van der Waals surface area contributed by atoms with Gasteiger partial charge in [-0.05, 0) is 36.2 Å². The second kappa shape index (κ2) is 9.35. The Bertz CT molecular complexity index is 1290. The predicted octanol–water partition coefficient (Wildman–Crippen LogP) is 3.59. The van der Waals surface area contributed by atoms with Crippen LogP contribution in [0.1, 0.15) is 18.1 Å². The highest BCUT2D eigenvalue weighted by Crippen LogP contribution is 2.35. The molecule has 0 aliphatic heterocycles. The standard InChI is InChI=1S/C24H23N5O3/c1-3-29-22-13-19(32-10-9-28-16-26-15-27-28)7-8-20(22)21(14-25)24(29)18-6-4-5-17(11-18)12-23(30)31-2/h4-8,11,13,15-16H,3,9-10,12H2,1-2H3. The second-order valence-corrected chi connectivity index (χ2v) is 7.22. The number of rotatable bonds is 8. The Labute approximate surface area is 185 Å². The minimum absolute atomic E-state index is 0.183. The number of benzene rings is 2. The summed E-state index contributed by atoms with van der Waals surface area (Å²) in [6.07, 6.45) is 3.32. The fraction of sp³-hybridized carbons (Fsp3) is 0.250. The van der Waals surface area contributed by atoms with Gasteiger partial charge >= 0.3 is 5.97 Å². The molecule has 0 radical (unpaired) electrons. The molecule has 0 amide bonds. The van der Waals surface area contributed by atoms with Crippen molar-refractivity contribution in [2.45, 2.75) is 26.4 Å². The van der Waals surface area contributed by atoms with Gasteiger partial charge in [-0.3, -0.25) is 4.79 Å². The third-order valence-corrected chi connectivity index (χ3v) is 5.30. The van der Waals surface area contributed by atoms with Crippen molar-refractivity contribution in [3.63, 3.8) is 0 Å². The highest BCUT2D eigenvalue weighted by molar-refractivity contribution is 5.95. The number of nitrogens with zero attached hydrogens (tertiary/aromatic N) is 5. The molecule has 2 aromatic heterocycles. The summed E-state index contributed by atoms with van der Waals surface area (Å²) in [6, 6.07) is 15.8. The molecule has 0 saturated carbocycles. The maximum absolute atomic E-state index is 11.7. The summed E-state index contributed by atoms with van der Waals surface area (Å²) in [7, 11) is 1.38. The largest absolute Gasteiger partial charge is 0.492 e. The van der Waals surface area contributed by atoms with Crippen LogP contribution in [0.5, 0.6) is 5.75 Å². The fourth-order valence-corrected chi connectivity index (χ4v) is 3.83. The summed E-state index contributed by atoms with van der Waals surface area (Å²) in [5.41, 5.74) is 4.08. The minimum Gasteiger partial charge on any atom is -0.492 e. The van der Waals surface area contributed by atoms with Crippen LogP contribution in [-0.4, -0.2) is 39.0 Å². The molecule has 2 heterocycles. The quantitative estimate of drug-likeness (QED) is 0.397. The maximum Gasteiger partial charge on any atom is 0.309 e. The van der Waals surface area contributed by atoms with Gasteiger partial charge in [0.2, 0.25) is 0 Å². The van der Waals surface area contributed by atoms with E-state index >= 15 is 0 Å². The molecule has 0 atom stereocenters. The normalized spacial score (nSPS) is 10.8. The Balaban J connectivity index is 1.70. The third kappa shape index (κ3) is 4.18. The topological polar surface area (TPSA) is 95.0 Å². The summed E-state index contributed by atoms with van der Waals surface area (Å²) in [5.74, 6) is 0.423. The van der Waals surface area contributed by atoms with Crippen molar-refractivity contribution in [3.05, 3.63) is 66.2 Å². The molecule has 0 aliphatic rings. The molecule has 8 nitrogen and oxygen atoms in total. The van der Waals surface area contributed by atoms with Gasteiger partial charge in [0.25, 0.3) is 0 Å². The van der Waals surface area contributed by atoms with Crippen LogP contribution >= 0.6 is 0 Å². The first-order chi connectivity index (χ1) is 15.6. The van der Waals surface area contributed by atoms with Crippen LogP contribution in [0.25, 0.3) is 22.2 Å². The maximum atomic E-state index is 11.7. The predicted molar refractivity (Wildman–Crippen MR) is 119 cm³/mol. The summed E-state index contributed by atoms with van der Waals surface area (Å²) in [4.78, 5) is 15.6. The van der Waals surface area contributed by atoms with E-state index in [2.05, 4.69) is 20.7 Å². The molecule has 0 saturated heterocycles. The van der Waals surface area contributed by atoms with Gasteiger partial charge in [-0.1, -0.05) is 18.2 Å². The Hall–Kier alpha value is -4.12.